The van der Waals surface area contributed by atoms with Crippen molar-refractivity contribution in [2.24, 2.45) is 5.41 Å². The molecule has 2 fully saturated rings. The third-order valence-corrected chi connectivity index (χ3v) is 8.09. The Hall–Kier alpha value is -1.64. The van der Waals surface area contributed by atoms with Gasteiger partial charge in [0.05, 0.1) is 10.3 Å². The molecule has 1 aliphatic carbocycles. The molecule has 0 radical (unpaired) electrons. The molecule has 152 valence electrons. The lowest BCUT2D eigenvalue weighted by molar-refractivity contribution is -0.256. The Kier molecular flexibility index (Phi) is 4.92. The summed E-state index contributed by atoms with van der Waals surface area (Å²) in [6.07, 6.45) is -3.25. The van der Waals surface area contributed by atoms with Gasteiger partial charge in [0.15, 0.2) is 0 Å². The van der Waals surface area contributed by atoms with Gasteiger partial charge in [0.1, 0.15) is 0 Å². The van der Waals surface area contributed by atoms with E-state index in [-0.39, 0.29) is 37.4 Å². The minimum absolute atomic E-state index is 0.0291. The Labute approximate surface area is 163 Å². The molecule has 0 N–H and O–H groups in total. The fraction of sp³-hybridized carbons (Fsp3) is 0.500. The van der Waals surface area contributed by atoms with Crippen LogP contribution in [0.25, 0.3) is 10.8 Å². The number of alkyl halides is 3. The summed E-state index contributed by atoms with van der Waals surface area (Å²) in [6.45, 7) is 1.03. The van der Waals surface area contributed by atoms with Crippen molar-refractivity contribution >= 4 is 20.8 Å². The van der Waals surface area contributed by atoms with Gasteiger partial charge >= 0.3 is 6.18 Å². The molecule has 0 atom stereocenters. The van der Waals surface area contributed by atoms with Crippen molar-refractivity contribution in [2.75, 3.05) is 32.7 Å². The van der Waals surface area contributed by atoms with Crippen molar-refractivity contribution in [3.63, 3.8) is 0 Å². The van der Waals surface area contributed by atoms with Crippen LogP contribution in [-0.4, -0.2) is 56.5 Å². The fourth-order valence-electron chi connectivity index (χ4n) is 4.25. The Balaban J connectivity index is 1.49. The molecule has 0 aromatic heterocycles. The van der Waals surface area contributed by atoms with Gasteiger partial charge in [0.2, 0.25) is 10.0 Å². The summed E-state index contributed by atoms with van der Waals surface area (Å²) in [5, 5.41) is 1.51. The average molecular weight is 412 g/mol. The van der Waals surface area contributed by atoms with E-state index in [1.807, 2.05) is 18.2 Å². The van der Waals surface area contributed by atoms with E-state index in [0.717, 1.165) is 5.39 Å². The number of nitrogens with zero attached hydrogens (tertiary/aromatic N) is 2. The zero-order valence-electron chi connectivity index (χ0n) is 15.5. The number of benzene rings is 2. The second-order valence-corrected chi connectivity index (χ2v) is 9.70. The van der Waals surface area contributed by atoms with Crippen LogP contribution in [0.1, 0.15) is 19.3 Å². The summed E-state index contributed by atoms with van der Waals surface area (Å²) in [7, 11) is -3.69. The van der Waals surface area contributed by atoms with E-state index in [4.69, 9.17) is 0 Å². The zero-order chi connectivity index (χ0) is 20.0. The maximum Gasteiger partial charge on any atom is 0.395 e. The first kappa shape index (κ1) is 19.7. The highest BCUT2D eigenvalue weighted by Crippen LogP contribution is 2.53. The van der Waals surface area contributed by atoms with Gasteiger partial charge in [-0.05, 0) is 24.3 Å². The highest BCUT2D eigenvalue weighted by atomic mass is 32.2. The van der Waals surface area contributed by atoms with Gasteiger partial charge in [0, 0.05) is 38.1 Å². The molecule has 0 amide bonds. The minimum Gasteiger partial charge on any atom is -0.300 e. The van der Waals surface area contributed by atoms with E-state index >= 15 is 0 Å². The number of hydrogen-bond acceptors (Lipinski definition) is 3. The molecule has 2 aromatic rings. The van der Waals surface area contributed by atoms with E-state index in [0.29, 0.717) is 24.9 Å². The molecule has 1 saturated carbocycles. The number of rotatable bonds is 4. The number of sulfonamides is 1. The molecule has 8 heteroatoms. The van der Waals surface area contributed by atoms with E-state index in [1.165, 1.54) is 4.31 Å². The Morgan fingerprint density at radius 3 is 2.18 bits per heavy atom. The quantitative estimate of drug-likeness (QED) is 0.765. The lowest BCUT2D eigenvalue weighted by Crippen LogP contribution is -2.56. The standard InChI is InChI=1S/C20H23F3N2O2S/c21-20(22,23)19(9-4-10-19)15-24-11-13-25(14-12-24)28(26,27)18-8-3-6-16-5-1-2-7-17(16)18/h1-3,5-8H,4,9-15H2. The van der Waals surface area contributed by atoms with Crippen LogP contribution in [0.2, 0.25) is 0 Å². The molecule has 0 unspecified atom stereocenters. The summed E-state index contributed by atoms with van der Waals surface area (Å²) in [6, 6.07) is 12.5. The van der Waals surface area contributed by atoms with E-state index in [1.54, 1.807) is 29.2 Å². The molecule has 1 heterocycles. The van der Waals surface area contributed by atoms with Crippen LogP contribution >= 0.6 is 0 Å². The Morgan fingerprint density at radius 2 is 1.57 bits per heavy atom. The molecular formula is C20H23F3N2O2S. The lowest BCUT2D eigenvalue weighted by atomic mass is 9.67. The highest BCUT2D eigenvalue weighted by Gasteiger charge is 2.58. The maximum atomic E-state index is 13.4. The number of fused-ring (bicyclic) bond motifs is 1. The molecule has 1 aliphatic heterocycles. The minimum atomic E-state index is -4.20. The number of halogens is 3. The summed E-state index contributed by atoms with van der Waals surface area (Å²) >= 11 is 0. The summed E-state index contributed by atoms with van der Waals surface area (Å²) in [5.74, 6) is 0. The van der Waals surface area contributed by atoms with Crippen molar-refractivity contribution in [2.45, 2.75) is 30.3 Å². The predicted molar refractivity (Wildman–Crippen MR) is 101 cm³/mol. The van der Waals surface area contributed by atoms with Gasteiger partial charge in [-0.3, -0.25) is 4.90 Å². The molecule has 4 nitrogen and oxygen atoms in total. The molecule has 28 heavy (non-hydrogen) atoms. The maximum absolute atomic E-state index is 13.4. The molecule has 4 rings (SSSR count). The van der Waals surface area contributed by atoms with Crippen LogP contribution in [0.15, 0.2) is 47.4 Å². The summed E-state index contributed by atoms with van der Waals surface area (Å²) in [5.41, 5.74) is -1.61. The molecule has 0 bridgehead atoms. The van der Waals surface area contributed by atoms with Crippen molar-refractivity contribution in [3.8, 4) is 0 Å². The van der Waals surface area contributed by atoms with Crippen LogP contribution in [0.5, 0.6) is 0 Å². The third kappa shape index (κ3) is 3.31. The van der Waals surface area contributed by atoms with Gasteiger partial charge in [-0.15, -0.1) is 0 Å². The van der Waals surface area contributed by atoms with Gasteiger partial charge < -0.3 is 0 Å². The van der Waals surface area contributed by atoms with Crippen molar-refractivity contribution in [1.82, 2.24) is 9.21 Å². The van der Waals surface area contributed by atoms with Gasteiger partial charge in [-0.1, -0.05) is 42.8 Å². The molecular weight excluding hydrogens is 389 g/mol. The smallest absolute Gasteiger partial charge is 0.300 e. The van der Waals surface area contributed by atoms with E-state index < -0.39 is 21.6 Å². The number of hydrogen-bond donors (Lipinski definition) is 0. The number of piperazine rings is 1. The molecule has 2 aromatic carbocycles. The van der Waals surface area contributed by atoms with Gasteiger partial charge in [0.25, 0.3) is 0 Å². The lowest BCUT2D eigenvalue weighted by Gasteiger charge is -2.47. The van der Waals surface area contributed by atoms with Crippen molar-refractivity contribution < 1.29 is 21.6 Å². The second kappa shape index (κ2) is 7.00. The van der Waals surface area contributed by atoms with Gasteiger partial charge in [-0.2, -0.15) is 17.5 Å². The molecule has 2 aliphatic rings. The molecule has 0 spiro atoms. The van der Waals surface area contributed by atoms with Crippen LogP contribution in [0.3, 0.4) is 0 Å². The topological polar surface area (TPSA) is 40.6 Å². The van der Waals surface area contributed by atoms with E-state index in [2.05, 4.69) is 0 Å². The Bertz CT molecular complexity index is 958. The third-order valence-electron chi connectivity index (χ3n) is 6.14. The van der Waals surface area contributed by atoms with Crippen LogP contribution in [0, 0.1) is 5.41 Å². The first-order chi connectivity index (χ1) is 13.2. The average Bonchev–Trinajstić information content (AvgIpc) is 2.63. The largest absolute Gasteiger partial charge is 0.395 e. The normalized spacial score (nSPS) is 21.5. The monoisotopic (exact) mass is 412 g/mol. The van der Waals surface area contributed by atoms with Crippen molar-refractivity contribution in [1.29, 1.82) is 0 Å². The van der Waals surface area contributed by atoms with Crippen LogP contribution in [0.4, 0.5) is 13.2 Å². The first-order valence-corrected chi connectivity index (χ1v) is 10.9. The first-order valence-electron chi connectivity index (χ1n) is 9.50. The van der Waals surface area contributed by atoms with Crippen LogP contribution in [-0.2, 0) is 10.0 Å². The summed E-state index contributed by atoms with van der Waals surface area (Å²) < 4.78 is 67.9. The summed E-state index contributed by atoms with van der Waals surface area (Å²) in [4.78, 5) is 2.02. The SMILES string of the molecule is O=S(=O)(c1cccc2ccccc12)N1CCN(CC2(C(F)(F)F)CCC2)CC1. The predicted octanol–water partition coefficient (Wildman–Crippen LogP) is 3.88. The highest BCUT2D eigenvalue weighted by molar-refractivity contribution is 7.89. The van der Waals surface area contributed by atoms with E-state index in [9.17, 15) is 21.6 Å². The Morgan fingerprint density at radius 1 is 0.929 bits per heavy atom. The van der Waals surface area contributed by atoms with Gasteiger partial charge in [-0.25, -0.2) is 8.42 Å². The zero-order valence-corrected chi connectivity index (χ0v) is 16.3. The van der Waals surface area contributed by atoms with Crippen molar-refractivity contribution in [3.05, 3.63) is 42.5 Å². The second-order valence-electron chi connectivity index (χ2n) is 7.79. The fourth-order valence-corrected chi connectivity index (χ4v) is 5.89. The molecule has 1 saturated heterocycles. The van der Waals surface area contributed by atoms with Crippen LogP contribution < -0.4 is 0 Å².